The van der Waals surface area contributed by atoms with Crippen molar-refractivity contribution in [2.24, 2.45) is 11.3 Å². The van der Waals surface area contributed by atoms with Crippen molar-refractivity contribution in [3.05, 3.63) is 24.0 Å². The maximum absolute atomic E-state index is 8.82. The summed E-state index contributed by atoms with van der Waals surface area (Å²) >= 11 is 0. The van der Waals surface area contributed by atoms with Crippen molar-refractivity contribution in [1.29, 1.82) is 5.26 Å². The van der Waals surface area contributed by atoms with Crippen molar-refractivity contribution in [2.75, 3.05) is 6.54 Å². The molecule has 98 valence electrons. The minimum atomic E-state index is 0.288. The normalized spacial score (nSPS) is 16.8. The Bertz CT molecular complexity index is 421. The lowest BCUT2D eigenvalue weighted by Crippen LogP contribution is -2.18. The van der Waals surface area contributed by atoms with Crippen LogP contribution in [0.4, 0.5) is 0 Å². The highest BCUT2D eigenvalue weighted by atomic mass is 15.0. The van der Waals surface area contributed by atoms with E-state index in [2.05, 4.69) is 48.3 Å². The second kappa shape index (κ2) is 5.58. The van der Waals surface area contributed by atoms with Gasteiger partial charge in [-0.1, -0.05) is 13.8 Å². The Morgan fingerprint density at radius 2 is 2.28 bits per heavy atom. The van der Waals surface area contributed by atoms with Crippen LogP contribution in [0, 0.1) is 22.7 Å². The fraction of sp³-hybridized carbons (Fsp3) is 0.667. The minimum absolute atomic E-state index is 0.288. The van der Waals surface area contributed by atoms with Crippen LogP contribution in [0.3, 0.4) is 0 Å². The summed E-state index contributed by atoms with van der Waals surface area (Å²) in [6.07, 6.45) is 7.47. The van der Waals surface area contributed by atoms with Crippen LogP contribution >= 0.6 is 0 Å². The third-order valence-electron chi connectivity index (χ3n) is 3.62. The van der Waals surface area contributed by atoms with Gasteiger partial charge < -0.3 is 9.88 Å². The molecule has 1 heterocycles. The summed E-state index contributed by atoms with van der Waals surface area (Å²) in [6.45, 7) is 7.44. The minimum Gasteiger partial charge on any atom is -0.353 e. The van der Waals surface area contributed by atoms with Gasteiger partial charge in [0.2, 0.25) is 0 Å². The molecule has 0 bridgehead atoms. The zero-order valence-corrected chi connectivity index (χ0v) is 11.4. The highest BCUT2D eigenvalue weighted by molar-refractivity contribution is 5.11. The van der Waals surface area contributed by atoms with Crippen LogP contribution in [0.1, 0.15) is 38.7 Å². The number of hydrogen-bond acceptors (Lipinski definition) is 2. The predicted octanol–water partition coefficient (Wildman–Crippen LogP) is 2.93. The first kappa shape index (κ1) is 13.2. The van der Waals surface area contributed by atoms with E-state index in [4.69, 9.17) is 5.26 Å². The van der Waals surface area contributed by atoms with Gasteiger partial charge in [0.15, 0.2) is 0 Å². The molecule has 1 fully saturated rings. The van der Waals surface area contributed by atoms with Gasteiger partial charge in [-0.25, -0.2) is 0 Å². The van der Waals surface area contributed by atoms with Gasteiger partial charge in [0.05, 0.1) is 6.07 Å². The first-order valence-corrected chi connectivity index (χ1v) is 6.86. The largest absolute Gasteiger partial charge is 0.353 e. The summed E-state index contributed by atoms with van der Waals surface area (Å²) in [6, 6.07) is 4.49. The molecule has 1 aliphatic carbocycles. The Hall–Kier alpha value is -1.27. The quantitative estimate of drug-likeness (QED) is 0.802. The smallest absolute Gasteiger partial charge is 0.0628 e. The van der Waals surface area contributed by atoms with Crippen molar-refractivity contribution >= 4 is 0 Å². The van der Waals surface area contributed by atoms with Gasteiger partial charge in [0, 0.05) is 37.3 Å². The van der Waals surface area contributed by atoms with E-state index in [0.29, 0.717) is 12.3 Å². The lowest BCUT2D eigenvalue weighted by molar-refractivity contribution is 0.432. The molecule has 18 heavy (non-hydrogen) atoms. The van der Waals surface area contributed by atoms with E-state index in [1.54, 1.807) is 0 Å². The molecular formula is C15H23N3. The molecule has 0 amide bonds. The van der Waals surface area contributed by atoms with Crippen LogP contribution in [0.15, 0.2) is 18.5 Å². The molecule has 1 saturated carbocycles. The van der Waals surface area contributed by atoms with Crippen LogP contribution in [0.25, 0.3) is 0 Å². The van der Waals surface area contributed by atoms with Gasteiger partial charge in [-0.3, -0.25) is 0 Å². The van der Waals surface area contributed by atoms with E-state index in [9.17, 15) is 0 Å². The lowest BCUT2D eigenvalue weighted by Gasteiger charge is -2.11. The molecule has 0 aromatic carbocycles. The fourth-order valence-electron chi connectivity index (χ4n) is 2.32. The van der Waals surface area contributed by atoms with Crippen molar-refractivity contribution in [3.63, 3.8) is 0 Å². The molecule has 1 aromatic heterocycles. The molecule has 0 radical (unpaired) electrons. The molecule has 1 aromatic rings. The highest BCUT2D eigenvalue weighted by Gasteiger charge is 2.42. The fourth-order valence-corrected chi connectivity index (χ4v) is 2.32. The van der Waals surface area contributed by atoms with Gasteiger partial charge in [-0.05, 0) is 36.9 Å². The van der Waals surface area contributed by atoms with Crippen molar-refractivity contribution < 1.29 is 0 Å². The molecule has 3 heteroatoms. The second-order valence-corrected chi connectivity index (χ2v) is 6.05. The molecule has 1 N–H and O–H groups in total. The average Bonchev–Trinajstić information content (AvgIpc) is 2.90. The summed E-state index contributed by atoms with van der Waals surface area (Å²) in [5.41, 5.74) is 1.62. The Kier molecular flexibility index (Phi) is 4.08. The summed E-state index contributed by atoms with van der Waals surface area (Å²) < 4.78 is 2.25. The number of nitriles is 1. The zero-order valence-electron chi connectivity index (χ0n) is 11.4. The summed E-state index contributed by atoms with van der Waals surface area (Å²) in [5, 5.41) is 12.3. The molecule has 1 aliphatic rings. The average molecular weight is 245 g/mol. The SMILES string of the molecule is CC(C)CNCc1ccn(CC2(CC#N)CC2)c1. The van der Waals surface area contributed by atoms with E-state index in [0.717, 1.165) is 19.6 Å². The Labute approximate surface area is 110 Å². The lowest BCUT2D eigenvalue weighted by atomic mass is 10.0. The van der Waals surface area contributed by atoms with Crippen LogP contribution in [0.2, 0.25) is 0 Å². The van der Waals surface area contributed by atoms with E-state index in [-0.39, 0.29) is 5.41 Å². The first-order chi connectivity index (χ1) is 8.63. The Morgan fingerprint density at radius 3 is 2.89 bits per heavy atom. The van der Waals surface area contributed by atoms with Crippen molar-refractivity contribution in [1.82, 2.24) is 9.88 Å². The Balaban J connectivity index is 1.81. The molecule has 2 rings (SSSR count). The Morgan fingerprint density at radius 1 is 1.50 bits per heavy atom. The second-order valence-electron chi connectivity index (χ2n) is 6.05. The standard InChI is InChI=1S/C15H23N3/c1-13(2)9-17-10-14-3-8-18(11-14)12-15(4-5-15)6-7-16/h3,8,11,13,17H,4-6,9-10,12H2,1-2H3. The van der Waals surface area contributed by atoms with Crippen molar-refractivity contribution in [2.45, 2.75) is 46.2 Å². The van der Waals surface area contributed by atoms with Gasteiger partial charge in [0.25, 0.3) is 0 Å². The molecule has 0 aliphatic heterocycles. The number of rotatable bonds is 7. The van der Waals surface area contributed by atoms with Crippen LogP contribution in [-0.4, -0.2) is 11.1 Å². The van der Waals surface area contributed by atoms with Crippen LogP contribution in [0.5, 0.6) is 0 Å². The molecule has 0 atom stereocenters. The number of aromatic nitrogens is 1. The topological polar surface area (TPSA) is 40.8 Å². The van der Waals surface area contributed by atoms with Gasteiger partial charge in [-0.2, -0.15) is 5.26 Å². The number of hydrogen-bond donors (Lipinski definition) is 1. The summed E-state index contributed by atoms with van der Waals surface area (Å²) in [7, 11) is 0. The third kappa shape index (κ3) is 3.61. The van der Waals surface area contributed by atoms with Gasteiger partial charge >= 0.3 is 0 Å². The third-order valence-corrected chi connectivity index (χ3v) is 3.62. The summed E-state index contributed by atoms with van der Waals surface area (Å²) in [4.78, 5) is 0. The molecule has 0 saturated heterocycles. The van der Waals surface area contributed by atoms with Crippen molar-refractivity contribution in [3.8, 4) is 6.07 Å². The monoisotopic (exact) mass is 245 g/mol. The van der Waals surface area contributed by atoms with Crippen LogP contribution in [-0.2, 0) is 13.1 Å². The van der Waals surface area contributed by atoms with E-state index < -0.39 is 0 Å². The van der Waals surface area contributed by atoms with Crippen LogP contribution < -0.4 is 5.32 Å². The molecular weight excluding hydrogens is 222 g/mol. The maximum Gasteiger partial charge on any atom is 0.0628 e. The molecule has 3 nitrogen and oxygen atoms in total. The number of nitrogens with zero attached hydrogens (tertiary/aromatic N) is 2. The molecule has 0 spiro atoms. The zero-order chi connectivity index (χ0) is 13.0. The highest BCUT2D eigenvalue weighted by Crippen LogP contribution is 2.49. The molecule has 0 unspecified atom stereocenters. The maximum atomic E-state index is 8.82. The van der Waals surface area contributed by atoms with Gasteiger partial charge in [-0.15, -0.1) is 0 Å². The summed E-state index contributed by atoms with van der Waals surface area (Å²) in [5.74, 6) is 0.692. The van der Waals surface area contributed by atoms with E-state index >= 15 is 0 Å². The first-order valence-electron chi connectivity index (χ1n) is 6.86. The predicted molar refractivity (Wildman–Crippen MR) is 72.9 cm³/mol. The van der Waals surface area contributed by atoms with E-state index in [1.165, 1.54) is 18.4 Å². The van der Waals surface area contributed by atoms with E-state index in [1.807, 2.05) is 0 Å². The van der Waals surface area contributed by atoms with Gasteiger partial charge in [0.1, 0.15) is 0 Å². The number of nitrogens with one attached hydrogen (secondary N) is 1.